The summed E-state index contributed by atoms with van der Waals surface area (Å²) in [6, 6.07) is 7.36. The summed E-state index contributed by atoms with van der Waals surface area (Å²) in [7, 11) is 0. The number of nitrogens with one attached hydrogen (secondary N) is 2. The number of hydrogen-bond donors (Lipinski definition) is 3. The second-order valence-corrected chi connectivity index (χ2v) is 5.07. The molecule has 4 N–H and O–H groups in total. The lowest BCUT2D eigenvalue weighted by molar-refractivity contribution is -0.129. The van der Waals surface area contributed by atoms with Gasteiger partial charge in [0.25, 0.3) is 0 Å². The number of amides is 2. The minimum atomic E-state index is -0.657. The lowest BCUT2D eigenvalue weighted by atomic mass is 9.77. The molecular formula is C14H19N3O2. The number of carbonyl (C=O) groups excluding carboxylic acids is 2. The van der Waals surface area contributed by atoms with Crippen LogP contribution in [0.1, 0.15) is 31.7 Å². The summed E-state index contributed by atoms with van der Waals surface area (Å²) < 4.78 is 0. The van der Waals surface area contributed by atoms with Gasteiger partial charge in [0.15, 0.2) is 0 Å². The van der Waals surface area contributed by atoms with E-state index in [2.05, 4.69) is 10.6 Å². The average molecular weight is 261 g/mol. The highest BCUT2D eigenvalue weighted by molar-refractivity contribution is 5.88. The Kier molecular flexibility index (Phi) is 3.85. The summed E-state index contributed by atoms with van der Waals surface area (Å²) in [5.74, 6) is -0.180. The van der Waals surface area contributed by atoms with Crippen molar-refractivity contribution in [2.75, 3.05) is 5.32 Å². The van der Waals surface area contributed by atoms with Crippen molar-refractivity contribution >= 4 is 17.5 Å². The molecular weight excluding hydrogens is 242 g/mol. The van der Waals surface area contributed by atoms with Gasteiger partial charge >= 0.3 is 0 Å². The van der Waals surface area contributed by atoms with E-state index in [-0.39, 0.29) is 11.8 Å². The number of benzene rings is 1. The largest absolute Gasteiger partial charge is 0.350 e. The maximum atomic E-state index is 11.8. The molecule has 0 radical (unpaired) electrons. The topological polar surface area (TPSA) is 84.2 Å². The van der Waals surface area contributed by atoms with Crippen molar-refractivity contribution in [3.63, 3.8) is 0 Å². The quantitative estimate of drug-likeness (QED) is 0.760. The molecule has 1 aromatic carbocycles. The first kappa shape index (κ1) is 13.5. The molecule has 5 heteroatoms. The number of rotatable bonds is 4. The second-order valence-electron chi connectivity index (χ2n) is 5.07. The van der Waals surface area contributed by atoms with Crippen molar-refractivity contribution in [1.82, 2.24) is 5.32 Å². The minimum absolute atomic E-state index is 0.0790. The van der Waals surface area contributed by atoms with Gasteiger partial charge in [0.05, 0.1) is 5.54 Å². The van der Waals surface area contributed by atoms with E-state index in [4.69, 9.17) is 5.73 Å². The maximum Gasteiger partial charge on any atom is 0.240 e. The highest BCUT2D eigenvalue weighted by atomic mass is 16.2. The lowest BCUT2D eigenvalue weighted by Crippen LogP contribution is -2.58. The second kappa shape index (κ2) is 5.40. The Balaban J connectivity index is 1.86. The molecule has 1 saturated carbocycles. The van der Waals surface area contributed by atoms with E-state index in [9.17, 15) is 9.59 Å². The van der Waals surface area contributed by atoms with Crippen molar-refractivity contribution in [2.24, 2.45) is 5.73 Å². The van der Waals surface area contributed by atoms with Gasteiger partial charge < -0.3 is 16.4 Å². The fraction of sp³-hybridized carbons (Fsp3) is 0.429. The lowest BCUT2D eigenvalue weighted by Gasteiger charge is -2.36. The zero-order chi connectivity index (χ0) is 13.9. The van der Waals surface area contributed by atoms with Gasteiger partial charge in [0, 0.05) is 19.2 Å². The predicted octanol–water partition coefficient (Wildman–Crippen LogP) is 1.14. The van der Waals surface area contributed by atoms with Crippen LogP contribution in [0.15, 0.2) is 24.3 Å². The highest BCUT2D eigenvalue weighted by Gasteiger charge is 2.39. The summed E-state index contributed by atoms with van der Waals surface area (Å²) in [5, 5.41) is 5.54. The number of anilines is 1. The van der Waals surface area contributed by atoms with Crippen LogP contribution in [0.25, 0.3) is 0 Å². The molecule has 0 aromatic heterocycles. The Morgan fingerprint density at radius 2 is 1.89 bits per heavy atom. The molecule has 1 fully saturated rings. The van der Waals surface area contributed by atoms with Crippen LogP contribution in [0.3, 0.4) is 0 Å². The predicted molar refractivity (Wildman–Crippen MR) is 73.4 cm³/mol. The van der Waals surface area contributed by atoms with Crippen molar-refractivity contribution in [1.29, 1.82) is 0 Å². The van der Waals surface area contributed by atoms with Crippen LogP contribution in [0, 0.1) is 0 Å². The summed E-state index contributed by atoms with van der Waals surface area (Å²) in [6.45, 7) is 1.92. The SMILES string of the molecule is CC(=O)Nc1ccc(CNC(=O)C2(N)CCC2)cc1. The summed E-state index contributed by atoms with van der Waals surface area (Å²) in [5.41, 5.74) is 7.00. The minimum Gasteiger partial charge on any atom is -0.350 e. The Hall–Kier alpha value is -1.88. The van der Waals surface area contributed by atoms with Gasteiger partial charge in [0.1, 0.15) is 0 Å². The molecule has 0 heterocycles. The molecule has 1 aliphatic carbocycles. The molecule has 5 nitrogen and oxygen atoms in total. The first-order valence-corrected chi connectivity index (χ1v) is 6.43. The third-order valence-corrected chi connectivity index (χ3v) is 3.43. The number of hydrogen-bond acceptors (Lipinski definition) is 3. The summed E-state index contributed by atoms with van der Waals surface area (Å²) in [4.78, 5) is 22.7. The standard InChI is InChI=1S/C14H19N3O2/c1-10(18)17-12-5-3-11(4-6-12)9-16-13(19)14(15)7-2-8-14/h3-6H,2,7-9,15H2,1H3,(H,16,19)(H,17,18). The van der Waals surface area contributed by atoms with Gasteiger partial charge in [-0.3, -0.25) is 9.59 Å². The van der Waals surface area contributed by atoms with Gasteiger partial charge in [0.2, 0.25) is 11.8 Å². The van der Waals surface area contributed by atoms with E-state index >= 15 is 0 Å². The van der Waals surface area contributed by atoms with Gasteiger partial charge in [-0.05, 0) is 37.0 Å². The molecule has 0 spiro atoms. The molecule has 0 bridgehead atoms. The average Bonchev–Trinajstić information content (AvgIpc) is 2.34. The zero-order valence-corrected chi connectivity index (χ0v) is 11.0. The van der Waals surface area contributed by atoms with Gasteiger partial charge in [-0.1, -0.05) is 12.1 Å². The van der Waals surface area contributed by atoms with Crippen LogP contribution in [-0.2, 0) is 16.1 Å². The fourth-order valence-corrected chi connectivity index (χ4v) is 2.05. The van der Waals surface area contributed by atoms with Gasteiger partial charge in [-0.25, -0.2) is 0 Å². The molecule has 0 aliphatic heterocycles. The number of nitrogens with two attached hydrogens (primary N) is 1. The fourth-order valence-electron chi connectivity index (χ4n) is 2.05. The molecule has 1 aromatic rings. The first-order valence-electron chi connectivity index (χ1n) is 6.43. The Morgan fingerprint density at radius 3 is 2.37 bits per heavy atom. The van der Waals surface area contributed by atoms with Gasteiger partial charge in [-0.15, -0.1) is 0 Å². The van der Waals surface area contributed by atoms with E-state index in [0.29, 0.717) is 6.54 Å². The molecule has 19 heavy (non-hydrogen) atoms. The molecule has 0 atom stereocenters. The maximum absolute atomic E-state index is 11.8. The zero-order valence-electron chi connectivity index (χ0n) is 11.0. The van der Waals surface area contributed by atoms with E-state index in [0.717, 1.165) is 30.5 Å². The van der Waals surface area contributed by atoms with Crippen molar-refractivity contribution in [3.8, 4) is 0 Å². The Bertz CT molecular complexity index is 478. The molecule has 1 aliphatic rings. The molecule has 102 valence electrons. The van der Waals surface area contributed by atoms with E-state index in [1.807, 2.05) is 24.3 Å². The van der Waals surface area contributed by atoms with E-state index < -0.39 is 5.54 Å². The third kappa shape index (κ3) is 3.32. The van der Waals surface area contributed by atoms with E-state index in [1.54, 1.807) is 0 Å². The smallest absolute Gasteiger partial charge is 0.240 e. The van der Waals surface area contributed by atoms with Crippen LogP contribution < -0.4 is 16.4 Å². The highest BCUT2D eigenvalue weighted by Crippen LogP contribution is 2.29. The van der Waals surface area contributed by atoms with Crippen LogP contribution in [0.5, 0.6) is 0 Å². The molecule has 2 rings (SSSR count). The van der Waals surface area contributed by atoms with Crippen molar-refractivity contribution in [3.05, 3.63) is 29.8 Å². The Morgan fingerprint density at radius 1 is 1.26 bits per heavy atom. The van der Waals surface area contributed by atoms with Crippen molar-refractivity contribution < 1.29 is 9.59 Å². The monoisotopic (exact) mass is 261 g/mol. The summed E-state index contributed by atoms with van der Waals surface area (Å²) >= 11 is 0. The van der Waals surface area contributed by atoms with Crippen LogP contribution in [-0.4, -0.2) is 17.4 Å². The van der Waals surface area contributed by atoms with Gasteiger partial charge in [-0.2, -0.15) is 0 Å². The third-order valence-electron chi connectivity index (χ3n) is 3.43. The molecule has 0 saturated heterocycles. The van der Waals surface area contributed by atoms with Crippen molar-refractivity contribution in [2.45, 2.75) is 38.3 Å². The van der Waals surface area contributed by atoms with Crippen LogP contribution >= 0.6 is 0 Å². The normalized spacial score (nSPS) is 16.3. The van der Waals surface area contributed by atoms with Crippen LogP contribution in [0.4, 0.5) is 5.69 Å². The first-order chi connectivity index (χ1) is 8.99. The Labute approximate surface area is 112 Å². The van der Waals surface area contributed by atoms with E-state index in [1.165, 1.54) is 6.92 Å². The number of carbonyl (C=O) groups is 2. The molecule has 2 amide bonds. The molecule has 0 unspecified atom stereocenters. The van der Waals surface area contributed by atoms with Crippen LogP contribution in [0.2, 0.25) is 0 Å². The summed E-state index contributed by atoms with van der Waals surface area (Å²) in [6.07, 6.45) is 2.55.